The van der Waals surface area contributed by atoms with Gasteiger partial charge in [0.05, 0.1) is 0 Å². The normalized spacial score (nSPS) is 30.7. The van der Waals surface area contributed by atoms with Gasteiger partial charge in [0.2, 0.25) is 11.8 Å². The van der Waals surface area contributed by atoms with E-state index in [2.05, 4.69) is 10.6 Å². The summed E-state index contributed by atoms with van der Waals surface area (Å²) < 4.78 is 12.1. The Kier molecular flexibility index (Phi) is 6.05. The number of hydrogen-bond donors (Lipinski definition) is 3. The first kappa shape index (κ1) is 23.0. The molecule has 8 heteroatoms. The molecule has 3 unspecified atom stereocenters. The minimum Gasteiger partial charge on any atom is -0.489 e. The second kappa shape index (κ2) is 9.21. The topological polar surface area (TPSA) is 104 Å². The Morgan fingerprint density at radius 3 is 2.71 bits per heavy atom. The van der Waals surface area contributed by atoms with Gasteiger partial charge in [0.25, 0.3) is 0 Å². The third-order valence-electron chi connectivity index (χ3n) is 8.90. The molecule has 5 aliphatic rings. The molecule has 188 valence electrons. The summed E-state index contributed by atoms with van der Waals surface area (Å²) in [6.07, 6.45) is 10.5. The van der Waals surface area contributed by atoms with E-state index in [1.807, 2.05) is 23.1 Å². The summed E-state index contributed by atoms with van der Waals surface area (Å²) in [5, 5.41) is 15.0. The second-order valence-corrected chi connectivity index (χ2v) is 11.2. The van der Waals surface area contributed by atoms with Crippen LogP contribution >= 0.6 is 0 Å². The molecule has 0 aromatic heterocycles. The molecule has 0 bridgehead atoms. The van der Waals surface area contributed by atoms with Crippen LogP contribution in [-0.4, -0.2) is 60.0 Å². The fraction of sp³-hybridized carbons (Fsp3) is 0.667. The maximum atomic E-state index is 12.4. The first-order valence-corrected chi connectivity index (χ1v) is 13.3. The van der Waals surface area contributed by atoms with Crippen molar-refractivity contribution in [3.8, 4) is 5.75 Å². The summed E-state index contributed by atoms with van der Waals surface area (Å²) in [5.74, 6) is 0.663. The summed E-state index contributed by atoms with van der Waals surface area (Å²) in [5.41, 5.74) is 2.37. The molecule has 4 fully saturated rings. The highest BCUT2D eigenvalue weighted by Gasteiger charge is 2.46. The van der Waals surface area contributed by atoms with Crippen LogP contribution in [0.4, 0.5) is 0 Å². The average molecular weight is 481 g/mol. The largest absolute Gasteiger partial charge is 0.489 e. The van der Waals surface area contributed by atoms with Crippen LogP contribution in [-0.2, 0) is 20.9 Å². The summed E-state index contributed by atoms with van der Waals surface area (Å²) in [6.45, 7) is 2.33. The fourth-order valence-electron chi connectivity index (χ4n) is 6.89. The van der Waals surface area contributed by atoms with Gasteiger partial charge in [0.1, 0.15) is 23.7 Å². The van der Waals surface area contributed by atoms with Crippen molar-refractivity contribution in [2.75, 3.05) is 13.2 Å². The van der Waals surface area contributed by atoms with Crippen molar-refractivity contribution in [1.29, 1.82) is 5.41 Å². The maximum Gasteiger partial charge on any atom is 0.249 e. The number of nitrogens with zero attached hydrogens (tertiary/aromatic N) is 1. The highest BCUT2D eigenvalue weighted by atomic mass is 16.5. The van der Waals surface area contributed by atoms with Gasteiger partial charge in [-0.25, -0.2) is 0 Å². The van der Waals surface area contributed by atoms with Gasteiger partial charge in [-0.05, 0) is 80.5 Å². The SMILES string of the molecule is N=C1c2ccc(OC3CCCCC3NC3CC4(CCOCC4)C3)cc2CN1C1CCC(=O)NC1=O. The quantitative estimate of drug-likeness (QED) is 0.560. The van der Waals surface area contributed by atoms with Crippen molar-refractivity contribution >= 4 is 17.6 Å². The lowest BCUT2D eigenvalue weighted by Gasteiger charge is -2.52. The van der Waals surface area contributed by atoms with Crippen LogP contribution in [0.1, 0.15) is 75.3 Å². The molecule has 8 nitrogen and oxygen atoms in total. The van der Waals surface area contributed by atoms with Crippen molar-refractivity contribution < 1.29 is 19.1 Å². The lowest BCUT2D eigenvalue weighted by atomic mass is 9.61. The summed E-state index contributed by atoms with van der Waals surface area (Å²) in [7, 11) is 0. The highest BCUT2D eigenvalue weighted by molar-refractivity contribution is 6.06. The van der Waals surface area contributed by atoms with E-state index in [4.69, 9.17) is 14.9 Å². The first-order chi connectivity index (χ1) is 17.0. The minimum absolute atomic E-state index is 0.153. The monoisotopic (exact) mass is 480 g/mol. The number of nitrogens with one attached hydrogen (secondary N) is 3. The average Bonchev–Trinajstić information content (AvgIpc) is 3.15. The third-order valence-corrected chi connectivity index (χ3v) is 8.90. The number of amides is 2. The number of carbonyl (C=O) groups excluding carboxylic acids is 2. The zero-order valence-electron chi connectivity index (χ0n) is 20.3. The van der Waals surface area contributed by atoms with Crippen molar-refractivity contribution in [3.63, 3.8) is 0 Å². The molecule has 3 atom stereocenters. The van der Waals surface area contributed by atoms with Crippen LogP contribution < -0.4 is 15.4 Å². The number of benzene rings is 1. The van der Waals surface area contributed by atoms with Crippen molar-refractivity contribution in [2.24, 2.45) is 5.41 Å². The summed E-state index contributed by atoms with van der Waals surface area (Å²) in [4.78, 5) is 25.7. The Morgan fingerprint density at radius 2 is 1.91 bits per heavy atom. The van der Waals surface area contributed by atoms with Crippen LogP contribution in [0.3, 0.4) is 0 Å². The molecule has 2 saturated carbocycles. The number of rotatable bonds is 5. The number of piperidine rings is 1. The summed E-state index contributed by atoms with van der Waals surface area (Å²) in [6, 6.07) is 6.45. The van der Waals surface area contributed by atoms with Crippen LogP contribution in [0, 0.1) is 10.8 Å². The van der Waals surface area contributed by atoms with Gasteiger partial charge in [0.15, 0.2) is 0 Å². The zero-order chi connectivity index (χ0) is 24.0. The van der Waals surface area contributed by atoms with E-state index in [1.54, 1.807) is 0 Å². The van der Waals surface area contributed by atoms with Gasteiger partial charge in [-0.1, -0.05) is 6.42 Å². The smallest absolute Gasteiger partial charge is 0.249 e. The molecule has 2 aliphatic carbocycles. The van der Waals surface area contributed by atoms with Gasteiger partial charge < -0.3 is 19.7 Å². The van der Waals surface area contributed by atoms with E-state index < -0.39 is 6.04 Å². The van der Waals surface area contributed by atoms with Gasteiger partial charge in [-0.2, -0.15) is 0 Å². The molecule has 2 amide bonds. The Hall–Kier alpha value is -2.45. The predicted molar refractivity (Wildman–Crippen MR) is 130 cm³/mol. The number of imide groups is 1. The van der Waals surface area contributed by atoms with E-state index >= 15 is 0 Å². The van der Waals surface area contributed by atoms with Crippen molar-refractivity contribution in [2.45, 2.75) is 95.0 Å². The van der Waals surface area contributed by atoms with Gasteiger partial charge in [-0.3, -0.25) is 20.3 Å². The van der Waals surface area contributed by atoms with E-state index in [0.717, 1.165) is 42.9 Å². The summed E-state index contributed by atoms with van der Waals surface area (Å²) >= 11 is 0. The van der Waals surface area contributed by atoms with Crippen LogP contribution in [0.5, 0.6) is 5.75 Å². The van der Waals surface area contributed by atoms with Crippen LogP contribution in [0.25, 0.3) is 0 Å². The number of carbonyl (C=O) groups is 2. The molecular formula is C27H36N4O4. The lowest BCUT2D eigenvalue weighted by Crippen LogP contribution is -2.57. The molecule has 0 radical (unpaired) electrons. The van der Waals surface area contributed by atoms with Crippen molar-refractivity contribution in [1.82, 2.24) is 15.5 Å². The molecule has 3 N–H and O–H groups in total. The Bertz CT molecular complexity index is 1010. The van der Waals surface area contributed by atoms with Gasteiger partial charge >= 0.3 is 0 Å². The lowest BCUT2D eigenvalue weighted by molar-refractivity contribution is -0.136. The fourth-order valence-corrected chi connectivity index (χ4v) is 6.89. The second-order valence-electron chi connectivity index (χ2n) is 11.2. The Labute approximate surface area is 206 Å². The number of ether oxygens (including phenoxy) is 2. The Morgan fingerprint density at radius 1 is 1.11 bits per heavy atom. The van der Waals surface area contributed by atoms with Crippen LogP contribution in [0.2, 0.25) is 0 Å². The number of hydrogen-bond acceptors (Lipinski definition) is 6. The first-order valence-electron chi connectivity index (χ1n) is 13.3. The molecule has 1 aromatic carbocycles. The van der Waals surface area contributed by atoms with E-state index in [1.165, 1.54) is 38.5 Å². The predicted octanol–water partition coefficient (Wildman–Crippen LogP) is 2.87. The minimum atomic E-state index is -0.467. The molecule has 1 aromatic rings. The van der Waals surface area contributed by atoms with Gasteiger partial charge in [-0.15, -0.1) is 0 Å². The molecular weight excluding hydrogens is 444 g/mol. The maximum absolute atomic E-state index is 12.4. The molecule has 3 heterocycles. The van der Waals surface area contributed by atoms with E-state index in [0.29, 0.717) is 42.7 Å². The van der Waals surface area contributed by atoms with Crippen molar-refractivity contribution in [3.05, 3.63) is 29.3 Å². The van der Waals surface area contributed by atoms with Crippen LogP contribution in [0.15, 0.2) is 18.2 Å². The highest BCUT2D eigenvalue weighted by Crippen LogP contribution is 2.49. The zero-order valence-corrected chi connectivity index (χ0v) is 20.3. The molecule has 3 aliphatic heterocycles. The van der Waals surface area contributed by atoms with E-state index in [9.17, 15) is 9.59 Å². The molecule has 1 spiro atoms. The molecule has 2 saturated heterocycles. The molecule has 35 heavy (non-hydrogen) atoms. The third kappa shape index (κ3) is 4.47. The standard InChI is InChI=1S/C27H36N4O4/c28-25-20-6-5-19(13-17(20)16-31(25)22-7-8-24(32)30-26(22)33)35-23-4-2-1-3-21(23)29-18-14-27(15-18)9-11-34-12-10-27/h5-6,13,18,21-23,28-29H,1-4,7-12,14-16H2,(H,30,32,33). The molecule has 6 rings (SSSR count). The Balaban J connectivity index is 1.09. The van der Waals surface area contributed by atoms with E-state index in [-0.39, 0.29) is 17.9 Å². The number of fused-ring (bicyclic) bond motifs is 1. The number of amidine groups is 1. The van der Waals surface area contributed by atoms with Gasteiger partial charge in [0, 0.05) is 43.8 Å².